The average Bonchev–Trinajstić information content (AvgIpc) is 1.73. The van der Waals surface area contributed by atoms with Gasteiger partial charge in [-0.1, -0.05) is 84.9 Å². The highest BCUT2D eigenvalue weighted by Gasteiger charge is 2.29. The minimum atomic E-state index is 0.0469. The van der Waals surface area contributed by atoms with E-state index in [0.717, 1.165) is 88.8 Å². The van der Waals surface area contributed by atoms with Gasteiger partial charge < -0.3 is 51.6 Å². The summed E-state index contributed by atoms with van der Waals surface area (Å²) in [6.07, 6.45) is 3.11. The van der Waals surface area contributed by atoms with E-state index < -0.39 is 0 Å². The van der Waals surface area contributed by atoms with Gasteiger partial charge in [-0.25, -0.2) is 0 Å². The number of Topliss-reactive ketones (excluding diaryl/α,β-unsaturated/α-hetero) is 7. The predicted octanol–water partition coefficient (Wildman–Crippen LogP) is 17.2. The number of benzene rings is 10. The van der Waals surface area contributed by atoms with Crippen molar-refractivity contribution in [3.63, 3.8) is 0 Å². The standard InChI is InChI=1S/C17H15NO2.C15H10O3.C15H10O2S.C13H10O2.C12H10O4.C10H8O4/c1-2-18-14-6-4-3-5-11(14)12-10-17-13(9-15(12)18)16(19)7-8-20-17;16-12-5-6-17-14-7-10-9-3-1-2-4-13(9)18-15(10)8-11(12)14;16-12-5-6-17-13-7-10-9-3-1-2-4-14(9)18-15(10)8-11(12)13;14-11-7-8-15-12-6-5-9-3-1-2-4-10(9)13(11)12;13-9-1-3-15-11-6-8-10(14)2-4-16-12(8)5-7(9)11;11-7-1-2-12-8-4-10-9(3-6(7)8)13-5-14-10/h3-6,9-10H,2,7-8H2,1H3;2*1-4,7-8H,5-6H2;1-6H,7-8H2;5-6H,1-4H2;3-4H,1-2,5H2. The molecule has 504 valence electrons. The Morgan fingerprint density at radius 2 is 0.743 bits per heavy atom. The molecule has 0 saturated carbocycles. The molecule has 18 nitrogen and oxygen atoms in total. The molecular weight excluding hydrogens is 1300 g/mol. The number of para-hydroxylation sites is 2. The van der Waals surface area contributed by atoms with E-state index >= 15 is 0 Å². The zero-order valence-electron chi connectivity index (χ0n) is 54.8. The molecule has 11 heterocycles. The van der Waals surface area contributed by atoms with E-state index in [-0.39, 0.29) is 47.3 Å². The van der Waals surface area contributed by atoms with Gasteiger partial charge in [-0.15, -0.1) is 11.3 Å². The fraction of sp³-hybridized carbons (Fsp3) is 0.207. The molecule has 8 aliphatic rings. The summed E-state index contributed by atoms with van der Waals surface area (Å²) >= 11 is 1.73. The number of fused-ring (bicyclic) bond motifs is 19. The quantitative estimate of drug-likeness (QED) is 0.149. The highest BCUT2D eigenvalue weighted by atomic mass is 32.1. The maximum atomic E-state index is 12.1. The molecule has 0 bridgehead atoms. The number of ether oxygens (including phenoxy) is 9. The van der Waals surface area contributed by atoms with E-state index in [0.29, 0.717) is 148 Å². The van der Waals surface area contributed by atoms with Gasteiger partial charge in [0, 0.05) is 105 Å². The van der Waals surface area contributed by atoms with Crippen molar-refractivity contribution in [2.75, 3.05) is 53.0 Å². The lowest BCUT2D eigenvalue weighted by Gasteiger charge is -2.21. The van der Waals surface area contributed by atoms with E-state index in [1.54, 1.807) is 41.7 Å². The zero-order valence-corrected chi connectivity index (χ0v) is 55.6. The van der Waals surface area contributed by atoms with Crippen LogP contribution in [0.3, 0.4) is 0 Å². The summed E-state index contributed by atoms with van der Waals surface area (Å²) in [6, 6.07) is 54.7. The summed E-state index contributed by atoms with van der Waals surface area (Å²) in [7, 11) is 0. The van der Waals surface area contributed by atoms with Gasteiger partial charge in [0.2, 0.25) is 6.79 Å². The number of ketones is 7. The molecule has 19 heteroatoms. The summed E-state index contributed by atoms with van der Waals surface area (Å²) in [5.74, 6) is 6.64. The van der Waals surface area contributed by atoms with Crippen molar-refractivity contribution in [3.8, 4) is 51.7 Å². The fourth-order valence-corrected chi connectivity index (χ4v) is 14.9. The van der Waals surface area contributed by atoms with Crippen molar-refractivity contribution in [2.24, 2.45) is 0 Å². The van der Waals surface area contributed by atoms with E-state index in [2.05, 4.69) is 41.8 Å². The Kier molecular flexibility index (Phi) is 17.2. The van der Waals surface area contributed by atoms with E-state index in [1.807, 2.05) is 109 Å². The first kappa shape index (κ1) is 63.9. The number of thiophene rings is 1. The molecular formula is C82H63NO17S. The summed E-state index contributed by atoms with van der Waals surface area (Å²) < 4.78 is 59.2. The second-order valence-electron chi connectivity index (χ2n) is 24.9. The molecule has 0 aliphatic carbocycles. The van der Waals surface area contributed by atoms with Crippen molar-refractivity contribution >= 4 is 127 Å². The van der Waals surface area contributed by atoms with Crippen molar-refractivity contribution in [1.82, 2.24) is 4.57 Å². The Morgan fingerprint density at radius 3 is 1.35 bits per heavy atom. The number of hydrogen-bond donors (Lipinski definition) is 0. The summed E-state index contributed by atoms with van der Waals surface area (Å²) in [5.41, 5.74) is 8.40. The maximum Gasteiger partial charge on any atom is 0.231 e. The van der Waals surface area contributed by atoms with Gasteiger partial charge in [0.25, 0.3) is 0 Å². The molecule has 10 aromatic carbocycles. The normalized spacial score (nSPS) is 15.7. The Morgan fingerprint density at radius 1 is 0.307 bits per heavy atom. The summed E-state index contributed by atoms with van der Waals surface area (Å²) in [6.45, 7) is 6.42. The average molecular weight is 1370 g/mol. The molecule has 3 aromatic heterocycles. The molecule has 101 heavy (non-hydrogen) atoms. The third-order valence-electron chi connectivity index (χ3n) is 18.8. The lowest BCUT2D eigenvalue weighted by Crippen LogP contribution is -2.20. The molecule has 0 N–H and O–H groups in total. The van der Waals surface area contributed by atoms with Crippen LogP contribution in [0.2, 0.25) is 0 Å². The van der Waals surface area contributed by atoms with Crippen LogP contribution in [0.4, 0.5) is 0 Å². The number of aromatic nitrogens is 1. The first-order valence-electron chi connectivity index (χ1n) is 33.6. The highest BCUT2D eigenvalue weighted by molar-refractivity contribution is 7.25. The van der Waals surface area contributed by atoms with Gasteiger partial charge in [0.15, 0.2) is 52.0 Å². The monoisotopic (exact) mass is 1370 g/mol. The summed E-state index contributed by atoms with van der Waals surface area (Å²) in [4.78, 5) is 82.3. The van der Waals surface area contributed by atoms with Crippen molar-refractivity contribution in [2.45, 2.75) is 58.4 Å². The van der Waals surface area contributed by atoms with E-state index in [9.17, 15) is 33.6 Å². The lowest BCUT2D eigenvalue weighted by atomic mass is 9.97. The Labute approximate surface area is 580 Å². The number of carbonyl (C=O) groups is 7. The minimum Gasteiger partial charge on any atom is -0.492 e. The summed E-state index contributed by atoms with van der Waals surface area (Å²) in [5, 5.41) is 8.95. The first-order chi connectivity index (χ1) is 49.4. The lowest BCUT2D eigenvalue weighted by molar-refractivity contribution is 0.0909. The van der Waals surface area contributed by atoms with Crippen molar-refractivity contribution < 1.29 is 80.6 Å². The van der Waals surface area contributed by atoms with Crippen LogP contribution in [0.15, 0.2) is 174 Å². The van der Waals surface area contributed by atoms with Crippen LogP contribution in [0.25, 0.3) is 74.7 Å². The first-order valence-corrected chi connectivity index (χ1v) is 34.4. The van der Waals surface area contributed by atoms with Crippen molar-refractivity contribution in [3.05, 3.63) is 209 Å². The second kappa shape index (κ2) is 27.1. The molecule has 0 atom stereocenters. The molecule has 0 radical (unpaired) electrons. The molecule has 0 amide bonds. The number of hydrogen-bond acceptors (Lipinski definition) is 18. The minimum absolute atomic E-state index is 0.0469. The Hall–Kier alpha value is -11.8. The SMILES string of the molecule is CCn1c2ccccc2c2cc3c(cc21)C(=O)CCO3.O=C1CCOc2cc3c(cc21)OCCC3=O.O=C1CCOc2cc3c(cc21)OCO3.O=C1CCOc2cc3c(cc21)oc1ccccc13.O=C1CCOc2cc3c(cc21)sc1ccccc13.O=C1CCOc2ccc3ccccc3c21. The van der Waals surface area contributed by atoms with Gasteiger partial charge in [-0.3, -0.25) is 33.6 Å². The van der Waals surface area contributed by atoms with Crippen LogP contribution in [0, 0.1) is 0 Å². The van der Waals surface area contributed by atoms with Crippen molar-refractivity contribution in [1.29, 1.82) is 0 Å². The van der Waals surface area contributed by atoms with Crippen LogP contribution in [0.1, 0.15) is 124 Å². The second-order valence-corrected chi connectivity index (χ2v) is 26.0. The van der Waals surface area contributed by atoms with Crippen LogP contribution in [0.5, 0.6) is 51.7 Å². The maximum absolute atomic E-state index is 12.1. The molecule has 0 fully saturated rings. The van der Waals surface area contributed by atoms with Gasteiger partial charge in [0.05, 0.1) is 90.7 Å². The van der Waals surface area contributed by atoms with Gasteiger partial charge in [0.1, 0.15) is 51.4 Å². The fourth-order valence-electron chi connectivity index (χ4n) is 13.8. The number of carbonyl (C=O) groups excluding carboxylic acids is 7. The van der Waals surface area contributed by atoms with Crippen LogP contribution >= 0.6 is 11.3 Å². The molecule has 21 rings (SSSR count). The predicted molar refractivity (Wildman–Crippen MR) is 382 cm³/mol. The molecule has 8 aliphatic heterocycles. The third kappa shape index (κ3) is 12.3. The number of nitrogens with zero attached hydrogens (tertiary/aromatic N) is 1. The number of furan rings is 1. The van der Waals surface area contributed by atoms with Gasteiger partial charge in [-0.05, 0) is 96.6 Å². The molecule has 0 spiro atoms. The van der Waals surface area contributed by atoms with Crippen LogP contribution in [-0.2, 0) is 6.54 Å². The molecule has 0 saturated heterocycles. The van der Waals surface area contributed by atoms with Gasteiger partial charge in [-0.2, -0.15) is 0 Å². The Bertz CT molecular complexity index is 5440. The molecule has 0 unspecified atom stereocenters. The molecule has 13 aromatic rings. The number of aryl methyl sites for hydroxylation is 1. The van der Waals surface area contributed by atoms with E-state index in [4.69, 9.17) is 47.0 Å². The highest BCUT2D eigenvalue weighted by Crippen LogP contribution is 2.43. The van der Waals surface area contributed by atoms with E-state index in [1.165, 1.54) is 26.4 Å². The van der Waals surface area contributed by atoms with Crippen LogP contribution < -0.4 is 42.6 Å². The number of rotatable bonds is 1. The zero-order chi connectivity index (χ0) is 68.8. The van der Waals surface area contributed by atoms with Crippen LogP contribution in [-0.4, -0.2) is 98.1 Å². The van der Waals surface area contributed by atoms with Gasteiger partial charge >= 0.3 is 0 Å². The smallest absolute Gasteiger partial charge is 0.231 e. The largest absolute Gasteiger partial charge is 0.492 e. The Balaban J connectivity index is 0.0000000944. The third-order valence-corrected chi connectivity index (χ3v) is 19.9. The topological polar surface area (TPSA) is 221 Å².